The van der Waals surface area contributed by atoms with Crippen molar-refractivity contribution in [1.29, 1.82) is 0 Å². The third kappa shape index (κ3) is 1.82. The first-order chi connectivity index (χ1) is 6.74. The van der Waals surface area contributed by atoms with Crippen LogP contribution in [0.15, 0.2) is 24.3 Å². The molecule has 0 radical (unpaired) electrons. The maximum absolute atomic E-state index is 10.1. The Bertz CT molecular complexity index is 301. The number of hydrogen-bond acceptors (Lipinski definition) is 2. The quantitative estimate of drug-likeness (QED) is 0.824. The van der Waals surface area contributed by atoms with Gasteiger partial charge >= 0.3 is 0 Å². The second-order valence-electron chi connectivity index (χ2n) is 4.02. The second kappa shape index (κ2) is 3.95. The van der Waals surface area contributed by atoms with E-state index >= 15 is 0 Å². The minimum Gasteiger partial charge on any atom is -0.385 e. The Balaban J connectivity index is 2.13. The Labute approximate surface area is 89.5 Å². The highest BCUT2D eigenvalue weighted by Crippen LogP contribution is 2.40. The Morgan fingerprint density at radius 2 is 1.93 bits per heavy atom. The zero-order valence-electron chi connectivity index (χ0n) is 8.49. The van der Waals surface area contributed by atoms with Gasteiger partial charge in [-0.1, -0.05) is 24.3 Å². The van der Waals surface area contributed by atoms with Gasteiger partial charge in [0.05, 0.1) is 5.60 Å². The molecule has 0 bridgehead atoms. The van der Waals surface area contributed by atoms with Crippen LogP contribution in [0.5, 0.6) is 0 Å². The molecule has 0 saturated heterocycles. The van der Waals surface area contributed by atoms with E-state index in [0.717, 1.165) is 30.6 Å². The van der Waals surface area contributed by atoms with Gasteiger partial charge in [-0.25, -0.2) is 0 Å². The van der Waals surface area contributed by atoms with Crippen molar-refractivity contribution >= 4 is 11.8 Å². The summed E-state index contributed by atoms with van der Waals surface area (Å²) in [6.07, 6.45) is 5.11. The zero-order chi connectivity index (χ0) is 10.0. The summed E-state index contributed by atoms with van der Waals surface area (Å²) in [7, 11) is 0. The van der Waals surface area contributed by atoms with E-state index in [0.29, 0.717) is 0 Å². The van der Waals surface area contributed by atoms with Crippen molar-refractivity contribution in [3.63, 3.8) is 0 Å². The SMILES string of the molecule is CSCc1ccc(C2(O)CCC2)cc1. The van der Waals surface area contributed by atoms with Crippen molar-refractivity contribution in [3.8, 4) is 0 Å². The first-order valence-corrected chi connectivity index (χ1v) is 6.45. The summed E-state index contributed by atoms with van der Waals surface area (Å²) in [6, 6.07) is 8.40. The number of hydrogen-bond donors (Lipinski definition) is 1. The minimum atomic E-state index is -0.502. The van der Waals surface area contributed by atoms with Crippen LogP contribution < -0.4 is 0 Å². The molecule has 1 nitrogen and oxygen atoms in total. The first kappa shape index (κ1) is 10.1. The monoisotopic (exact) mass is 208 g/mol. The molecule has 1 aromatic carbocycles. The van der Waals surface area contributed by atoms with Crippen LogP contribution in [0.3, 0.4) is 0 Å². The molecule has 0 unspecified atom stereocenters. The molecule has 1 saturated carbocycles. The molecule has 76 valence electrons. The molecular formula is C12H16OS. The molecule has 0 spiro atoms. The summed E-state index contributed by atoms with van der Waals surface area (Å²) >= 11 is 1.83. The smallest absolute Gasteiger partial charge is 0.0896 e. The molecular weight excluding hydrogens is 192 g/mol. The van der Waals surface area contributed by atoms with Gasteiger partial charge in [0.1, 0.15) is 0 Å². The van der Waals surface area contributed by atoms with Crippen molar-refractivity contribution in [1.82, 2.24) is 0 Å². The fourth-order valence-corrected chi connectivity index (χ4v) is 2.40. The maximum atomic E-state index is 10.1. The Morgan fingerprint density at radius 3 is 2.36 bits per heavy atom. The molecule has 2 rings (SSSR count). The average Bonchev–Trinajstić information content (AvgIpc) is 2.16. The summed E-state index contributed by atoms with van der Waals surface area (Å²) in [5.41, 5.74) is 1.93. The number of thioether (sulfide) groups is 1. The highest BCUT2D eigenvalue weighted by molar-refractivity contribution is 7.97. The topological polar surface area (TPSA) is 20.2 Å². The van der Waals surface area contributed by atoms with Crippen molar-refractivity contribution in [3.05, 3.63) is 35.4 Å². The average molecular weight is 208 g/mol. The van der Waals surface area contributed by atoms with Crippen LogP contribution in [0, 0.1) is 0 Å². The summed E-state index contributed by atoms with van der Waals surface area (Å²) in [5.74, 6) is 1.05. The first-order valence-electron chi connectivity index (χ1n) is 5.05. The van der Waals surface area contributed by atoms with E-state index in [2.05, 4.69) is 30.5 Å². The second-order valence-corrected chi connectivity index (χ2v) is 4.88. The van der Waals surface area contributed by atoms with Crippen molar-refractivity contribution in [2.45, 2.75) is 30.6 Å². The lowest BCUT2D eigenvalue weighted by molar-refractivity contribution is -0.0387. The normalized spacial score (nSPS) is 19.0. The predicted molar refractivity (Wildman–Crippen MR) is 61.4 cm³/mol. The van der Waals surface area contributed by atoms with Crippen LogP contribution in [-0.4, -0.2) is 11.4 Å². The molecule has 0 atom stereocenters. The molecule has 1 aliphatic rings. The van der Waals surface area contributed by atoms with Gasteiger partial charge in [-0.3, -0.25) is 0 Å². The number of aliphatic hydroxyl groups is 1. The fourth-order valence-electron chi connectivity index (χ4n) is 1.88. The van der Waals surface area contributed by atoms with E-state index in [1.165, 1.54) is 5.56 Å². The van der Waals surface area contributed by atoms with E-state index in [4.69, 9.17) is 0 Å². The largest absolute Gasteiger partial charge is 0.385 e. The lowest BCUT2D eigenvalue weighted by Gasteiger charge is -2.37. The van der Waals surface area contributed by atoms with Crippen molar-refractivity contribution in [2.24, 2.45) is 0 Å². The van der Waals surface area contributed by atoms with Crippen LogP contribution in [0.1, 0.15) is 30.4 Å². The van der Waals surface area contributed by atoms with E-state index in [1.807, 2.05) is 11.8 Å². The van der Waals surface area contributed by atoms with E-state index in [-0.39, 0.29) is 0 Å². The fraction of sp³-hybridized carbons (Fsp3) is 0.500. The summed E-state index contributed by atoms with van der Waals surface area (Å²) in [4.78, 5) is 0. The van der Waals surface area contributed by atoms with Crippen molar-refractivity contribution in [2.75, 3.05) is 6.26 Å². The lowest BCUT2D eigenvalue weighted by atomic mass is 9.75. The van der Waals surface area contributed by atoms with Crippen LogP contribution in [0.2, 0.25) is 0 Å². The van der Waals surface area contributed by atoms with Crippen LogP contribution in [0.25, 0.3) is 0 Å². The van der Waals surface area contributed by atoms with Crippen LogP contribution in [0.4, 0.5) is 0 Å². The molecule has 1 N–H and O–H groups in total. The third-order valence-electron chi connectivity index (χ3n) is 2.98. The lowest BCUT2D eigenvalue weighted by Crippen LogP contribution is -2.33. The Morgan fingerprint density at radius 1 is 1.29 bits per heavy atom. The number of benzene rings is 1. The third-order valence-corrected chi connectivity index (χ3v) is 3.61. The van der Waals surface area contributed by atoms with Crippen molar-refractivity contribution < 1.29 is 5.11 Å². The van der Waals surface area contributed by atoms with Gasteiger partial charge < -0.3 is 5.11 Å². The summed E-state index contributed by atoms with van der Waals surface area (Å²) < 4.78 is 0. The summed E-state index contributed by atoms with van der Waals surface area (Å²) in [6.45, 7) is 0. The molecule has 2 heteroatoms. The molecule has 1 fully saturated rings. The van der Waals surface area contributed by atoms with Gasteiger partial charge in [0.2, 0.25) is 0 Å². The zero-order valence-corrected chi connectivity index (χ0v) is 9.31. The maximum Gasteiger partial charge on any atom is 0.0896 e. The van der Waals surface area contributed by atoms with Gasteiger partial charge in [0.15, 0.2) is 0 Å². The Kier molecular flexibility index (Phi) is 2.84. The molecule has 0 amide bonds. The van der Waals surface area contributed by atoms with E-state index in [1.54, 1.807) is 0 Å². The van der Waals surface area contributed by atoms with Gasteiger partial charge in [0, 0.05) is 5.75 Å². The highest BCUT2D eigenvalue weighted by atomic mass is 32.2. The molecule has 0 aliphatic heterocycles. The number of rotatable bonds is 3. The van der Waals surface area contributed by atoms with Gasteiger partial charge in [-0.15, -0.1) is 0 Å². The van der Waals surface area contributed by atoms with Gasteiger partial charge in [0.25, 0.3) is 0 Å². The van der Waals surface area contributed by atoms with Gasteiger partial charge in [-0.2, -0.15) is 11.8 Å². The summed E-state index contributed by atoms with van der Waals surface area (Å²) in [5, 5.41) is 10.1. The standard InChI is InChI=1S/C12H16OS/c1-14-9-10-3-5-11(6-4-10)12(13)7-2-8-12/h3-6,13H,2,7-9H2,1H3. The molecule has 1 aliphatic carbocycles. The van der Waals surface area contributed by atoms with Gasteiger partial charge in [-0.05, 0) is 36.6 Å². The van der Waals surface area contributed by atoms with E-state index < -0.39 is 5.60 Å². The van der Waals surface area contributed by atoms with E-state index in [9.17, 15) is 5.11 Å². The highest BCUT2D eigenvalue weighted by Gasteiger charge is 2.35. The molecule has 0 heterocycles. The predicted octanol–water partition coefficient (Wildman–Crippen LogP) is 2.92. The Hall–Kier alpha value is -0.470. The minimum absolute atomic E-state index is 0.502. The molecule has 1 aromatic rings. The molecule has 0 aromatic heterocycles. The van der Waals surface area contributed by atoms with Crippen LogP contribution >= 0.6 is 11.8 Å². The van der Waals surface area contributed by atoms with Crippen LogP contribution in [-0.2, 0) is 11.4 Å². The molecule has 14 heavy (non-hydrogen) atoms.